The number of hydrogen-bond acceptors (Lipinski definition) is 4. The second-order valence-corrected chi connectivity index (χ2v) is 24.3. The average molecular weight is 973 g/mol. The zero-order valence-electron chi connectivity index (χ0n) is 46.0. The Bertz CT molecular complexity index is 3660. The molecule has 2 aromatic heterocycles. The standard InChI is InChI=1S/C70H72N2O2/c1-41(2)45-21-27-53(28-22-45)71(55-19-15-17-51(39-55)69(9,10)11)57-31-25-47-35-59-61(37-49(47)33-57)73-67-65(59)63(43(5)6)64(44(7)8)66-60-36-48-26-32-58(34-50(48)38-62(60)74-68(66)67)72(54-29-23-46(24-30-54)42(3)4)56-20-16-18-52(40-56)70(12,13)14/h15-44H,1-14H3. The van der Waals surface area contributed by atoms with Gasteiger partial charge in [-0.2, -0.15) is 0 Å². The summed E-state index contributed by atoms with van der Waals surface area (Å²) in [6.07, 6.45) is 0. The first-order valence-corrected chi connectivity index (χ1v) is 27.0. The van der Waals surface area contributed by atoms with Crippen molar-refractivity contribution >= 4 is 99.5 Å². The zero-order valence-corrected chi connectivity index (χ0v) is 46.0. The summed E-state index contributed by atoms with van der Waals surface area (Å²) >= 11 is 0. The van der Waals surface area contributed by atoms with Gasteiger partial charge in [-0.1, -0.05) is 158 Å². The Morgan fingerprint density at radius 1 is 0.338 bits per heavy atom. The molecule has 0 bridgehead atoms. The van der Waals surface area contributed by atoms with Gasteiger partial charge in [0.25, 0.3) is 0 Å². The second kappa shape index (κ2) is 18.3. The third-order valence-corrected chi connectivity index (χ3v) is 15.5. The van der Waals surface area contributed by atoms with Crippen LogP contribution in [0.3, 0.4) is 0 Å². The molecule has 0 N–H and O–H groups in total. The molecular weight excluding hydrogens is 901 g/mol. The minimum absolute atomic E-state index is 0.00817. The number of benzene rings is 9. The number of rotatable bonds is 10. The molecule has 0 amide bonds. The van der Waals surface area contributed by atoms with Crippen molar-refractivity contribution in [2.75, 3.05) is 9.80 Å². The van der Waals surface area contributed by atoms with Crippen LogP contribution in [0.2, 0.25) is 0 Å². The molecule has 74 heavy (non-hydrogen) atoms. The van der Waals surface area contributed by atoms with Gasteiger partial charge in [-0.25, -0.2) is 0 Å². The highest BCUT2D eigenvalue weighted by Crippen LogP contribution is 2.50. The van der Waals surface area contributed by atoms with Gasteiger partial charge >= 0.3 is 0 Å². The smallest absolute Gasteiger partial charge is 0.178 e. The number of fused-ring (bicyclic) bond motifs is 9. The van der Waals surface area contributed by atoms with E-state index in [9.17, 15) is 0 Å². The Labute approximate surface area is 438 Å². The predicted octanol–water partition coefficient (Wildman–Crippen LogP) is 21.8. The SMILES string of the molecule is CC(C)c1ccc(N(c2cccc(C(C)(C)C)c2)c2ccc3cc4c(cc3c2)oc2c3oc5cc6cc(N(c7ccc(C(C)C)cc7)c7cccc(C(C)(C)C)c7)ccc6cc5c3c(C(C)C)c(C(C)C)c42)cc1. The van der Waals surface area contributed by atoms with E-state index in [1.165, 1.54) is 44.2 Å². The van der Waals surface area contributed by atoms with Crippen molar-refractivity contribution in [3.05, 3.63) is 191 Å². The van der Waals surface area contributed by atoms with Crippen LogP contribution < -0.4 is 9.80 Å². The molecule has 0 aliphatic heterocycles. The van der Waals surface area contributed by atoms with E-state index >= 15 is 0 Å². The molecule has 0 aliphatic carbocycles. The van der Waals surface area contributed by atoms with Gasteiger partial charge in [-0.3, -0.25) is 0 Å². The molecule has 0 fully saturated rings. The summed E-state index contributed by atoms with van der Waals surface area (Å²) in [7, 11) is 0. The summed E-state index contributed by atoms with van der Waals surface area (Å²) in [4.78, 5) is 4.79. The van der Waals surface area contributed by atoms with Crippen molar-refractivity contribution in [2.24, 2.45) is 0 Å². The number of furan rings is 2. The third kappa shape index (κ3) is 8.60. The first-order valence-electron chi connectivity index (χ1n) is 27.0. The molecule has 0 unspecified atom stereocenters. The van der Waals surface area contributed by atoms with Gasteiger partial charge in [0.1, 0.15) is 11.2 Å². The van der Waals surface area contributed by atoms with Gasteiger partial charge in [-0.15, -0.1) is 0 Å². The van der Waals surface area contributed by atoms with Crippen LogP contribution in [-0.2, 0) is 10.8 Å². The predicted molar refractivity (Wildman–Crippen MR) is 319 cm³/mol. The van der Waals surface area contributed by atoms with Crippen LogP contribution in [0.4, 0.5) is 34.1 Å². The lowest BCUT2D eigenvalue weighted by Gasteiger charge is -2.28. The van der Waals surface area contributed by atoms with Crippen LogP contribution in [0.1, 0.15) is 154 Å². The Kier molecular flexibility index (Phi) is 12.1. The van der Waals surface area contributed by atoms with Crippen LogP contribution in [0, 0.1) is 0 Å². The monoisotopic (exact) mass is 973 g/mol. The van der Waals surface area contributed by atoms with Crippen molar-refractivity contribution < 1.29 is 8.83 Å². The van der Waals surface area contributed by atoms with Crippen molar-refractivity contribution in [3.8, 4) is 0 Å². The van der Waals surface area contributed by atoms with Gasteiger partial charge in [-0.05, 0) is 186 Å². The molecule has 0 saturated heterocycles. The lowest BCUT2D eigenvalue weighted by molar-refractivity contribution is 0.590. The Morgan fingerprint density at radius 2 is 0.689 bits per heavy atom. The first kappa shape index (κ1) is 48.9. The summed E-state index contributed by atoms with van der Waals surface area (Å²) in [6, 6.07) is 59.1. The molecule has 0 aliphatic rings. The molecule has 0 radical (unpaired) electrons. The first-order chi connectivity index (χ1) is 35.2. The molecule has 374 valence electrons. The van der Waals surface area contributed by atoms with Crippen molar-refractivity contribution in [2.45, 2.75) is 131 Å². The molecule has 4 heteroatoms. The van der Waals surface area contributed by atoms with E-state index in [4.69, 9.17) is 8.83 Å². The highest BCUT2D eigenvalue weighted by atomic mass is 16.4. The summed E-state index contributed by atoms with van der Waals surface area (Å²) < 4.78 is 14.4. The van der Waals surface area contributed by atoms with E-state index < -0.39 is 0 Å². The topological polar surface area (TPSA) is 32.8 Å². The molecule has 0 spiro atoms. The summed E-state index contributed by atoms with van der Waals surface area (Å²) in [6.45, 7) is 32.0. The third-order valence-electron chi connectivity index (χ3n) is 15.5. The fourth-order valence-electron chi connectivity index (χ4n) is 11.4. The quantitative estimate of drug-likeness (QED) is 0.137. The van der Waals surface area contributed by atoms with Crippen LogP contribution >= 0.6 is 0 Å². The number of nitrogens with zero attached hydrogens (tertiary/aromatic N) is 2. The molecule has 4 nitrogen and oxygen atoms in total. The normalized spacial score (nSPS) is 12.7. The Hall–Kier alpha value is -7.30. The van der Waals surface area contributed by atoms with Gasteiger partial charge in [0.2, 0.25) is 0 Å². The van der Waals surface area contributed by atoms with E-state index in [0.29, 0.717) is 11.8 Å². The van der Waals surface area contributed by atoms with Gasteiger partial charge < -0.3 is 18.6 Å². The van der Waals surface area contributed by atoms with Crippen molar-refractivity contribution in [3.63, 3.8) is 0 Å². The molecule has 11 rings (SSSR count). The van der Waals surface area contributed by atoms with Crippen molar-refractivity contribution in [1.82, 2.24) is 0 Å². The fourth-order valence-corrected chi connectivity index (χ4v) is 11.4. The van der Waals surface area contributed by atoms with Gasteiger partial charge in [0.05, 0.1) is 0 Å². The molecule has 11 aromatic rings. The summed E-state index contributed by atoms with van der Waals surface area (Å²) in [5, 5.41) is 9.15. The summed E-state index contributed by atoms with van der Waals surface area (Å²) in [5.41, 5.74) is 18.0. The second-order valence-electron chi connectivity index (χ2n) is 24.3. The van der Waals surface area contributed by atoms with Crippen LogP contribution in [0.25, 0.3) is 65.4 Å². The number of hydrogen-bond donors (Lipinski definition) is 0. The lowest BCUT2D eigenvalue weighted by Crippen LogP contribution is -2.14. The van der Waals surface area contributed by atoms with Crippen LogP contribution in [-0.4, -0.2) is 0 Å². The maximum atomic E-state index is 7.18. The van der Waals surface area contributed by atoms with E-state index in [2.05, 4.69) is 264 Å². The van der Waals surface area contributed by atoms with Crippen LogP contribution in [0.5, 0.6) is 0 Å². The Morgan fingerprint density at radius 3 is 1.03 bits per heavy atom. The molecule has 0 saturated carbocycles. The highest BCUT2D eigenvalue weighted by molar-refractivity contribution is 6.24. The molecule has 0 atom stereocenters. The maximum absolute atomic E-state index is 7.18. The lowest BCUT2D eigenvalue weighted by atomic mass is 9.84. The van der Waals surface area contributed by atoms with Gasteiger partial charge in [0, 0.05) is 55.7 Å². The highest BCUT2D eigenvalue weighted by Gasteiger charge is 2.29. The molecule has 2 heterocycles. The van der Waals surface area contributed by atoms with E-state index in [0.717, 1.165) is 88.8 Å². The van der Waals surface area contributed by atoms with Crippen molar-refractivity contribution in [1.29, 1.82) is 0 Å². The average Bonchev–Trinajstić information content (AvgIpc) is 3.93. The zero-order chi connectivity index (χ0) is 52.1. The largest absolute Gasteiger partial charge is 0.452 e. The van der Waals surface area contributed by atoms with E-state index in [-0.39, 0.29) is 22.7 Å². The van der Waals surface area contributed by atoms with Crippen LogP contribution in [0.15, 0.2) is 167 Å². The number of anilines is 6. The molecular formula is C70H72N2O2. The summed E-state index contributed by atoms with van der Waals surface area (Å²) in [5.74, 6) is 1.38. The minimum atomic E-state index is 0.00817. The van der Waals surface area contributed by atoms with E-state index in [1.807, 2.05) is 0 Å². The van der Waals surface area contributed by atoms with E-state index in [1.54, 1.807) is 0 Å². The van der Waals surface area contributed by atoms with Gasteiger partial charge in [0.15, 0.2) is 11.2 Å². The maximum Gasteiger partial charge on any atom is 0.178 e. The minimum Gasteiger partial charge on any atom is -0.452 e. The Balaban J connectivity index is 1.09. The molecule has 9 aromatic carbocycles. The fraction of sp³-hybridized carbons (Fsp3) is 0.286.